The second-order valence-electron chi connectivity index (χ2n) is 8.04. The molecule has 0 bridgehead atoms. The summed E-state index contributed by atoms with van der Waals surface area (Å²) in [4.78, 5) is 0. The van der Waals surface area contributed by atoms with E-state index in [1.807, 2.05) is 60.5 Å². The molecule has 0 N–H and O–H groups in total. The standard InChI is InChI=1S/C27H28N2O5/c1-5-33-24-14-7-11-19-22-16-21(17-9-6-10-18(15-17)30-2)28-29(22)27(34-26(19)24)20-12-8-13-23(31-3)25(20)32-4/h6-15,22,27H,5,16H2,1-4H3. The van der Waals surface area contributed by atoms with Gasteiger partial charge in [-0.15, -0.1) is 0 Å². The maximum absolute atomic E-state index is 6.62. The minimum Gasteiger partial charge on any atom is -0.497 e. The van der Waals surface area contributed by atoms with Crippen LogP contribution >= 0.6 is 0 Å². The third-order valence-electron chi connectivity index (χ3n) is 6.18. The van der Waals surface area contributed by atoms with E-state index in [2.05, 4.69) is 12.1 Å². The van der Waals surface area contributed by atoms with Gasteiger partial charge < -0.3 is 23.7 Å². The molecule has 0 aromatic heterocycles. The van der Waals surface area contributed by atoms with Crippen LogP contribution in [0.15, 0.2) is 65.8 Å². The molecule has 0 saturated carbocycles. The first kappa shape index (κ1) is 21.9. The van der Waals surface area contributed by atoms with Gasteiger partial charge in [-0.2, -0.15) is 5.10 Å². The molecule has 0 radical (unpaired) electrons. The Bertz CT molecular complexity index is 1230. The van der Waals surface area contributed by atoms with Crippen molar-refractivity contribution < 1.29 is 23.7 Å². The summed E-state index contributed by atoms with van der Waals surface area (Å²) in [5.74, 6) is 3.52. The van der Waals surface area contributed by atoms with E-state index in [0.717, 1.165) is 46.1 Å². The number of rotatable bonds is 7. The smallest absolute Gasteiger partial charge is 0.217 e. The van der Waals surface area contributed by atoms with Crippen LogP contribution in [-0.2, 0) is 0 Å². The van der Waals surface area contributed by atoms with Gasteiger partial charge >= 0.3 is 0 Å². The van der Waals surface area contributed by atoms with Gasteiger partial charge in [0, 0.05) is 17.5 Å². The van der Waals surface area contributed by atoms with E-state index in [9.17, 15) is 0 Å². The van der Waals surface area contributed by atoms with Crippen LogP contribution in [0.1, 0.15) is 42.3 Å². The third kappa shape index (κ3) is 3.67. The molecule has 5 rings (SSSR count). The van der Waals surface area contributed by atoms with Crippen molar-refractivity contribution in [1.82, 2.24) is 5.01 Å². The lowest BCUT2D eigenvalue weighted by Gasteiger charge is -2.39. The zero-order chi connectivity index (χ0) is 23.7. The normalized spacial score (nSPS) is 18.4. The van der Waals surface area contributed by atoms with Crippen molar-refractivity contribution in [2.45, 2.75) is 25.6 Å². The summed E-state index contributed by atoms with van der Waals surface area (Å²) in [5.41, 5.74) is 3.87. The van der Waals surface area contributed by atoms with Gasteiger partial charge in [0.2, 0.25) is 6.23 Å². The predicted octanol–water partition coefficient (Wildman–Crippen LogP) is 5.35. The molecule has 2 aliphatic heterocycles. The van der Waals surface area contributed by atoms with Crippen LogP contribution in [0.5, 0.6) is 28.7 Å². The van der Waals surface area contributed by atoms with Crippen LogP contribution in [0.2, 0.25) is 0 Å². The van der Waals surface area contributed by atoms with Gasteiger partial charge in [-0.25, -0.2) is 5.01 Å². The van der Waals surface area contributed by atoms with Crippen molar-refractivity contribution in [2.24, 2.45) is 5.10 Å². The highest BCUT2D eigenvalue weighted by Crippen LogP contribution is 2.52. The zero-order valence-corrected chi connectivity index (χ0v) is 19.8. The summed E-state index contributed by atoms with van der Waals surface area (Å²) in [6.45, 7) is 2.52. The van der Waals surface area contributed by atoms with Crippen LogP contribution in [0.4, 0.5) is 0 Å². The number of hydrogen-bond acceptors (Lipinski definition) is 7. The summed E-state index contributed by atoms with van der Waals surface area (Å²) in [6, 6.07) is 19.8. The second kappa shape index (κ2) is 9.17. The van der Waals surface area contributed by atoms with E-state index < -0.39 is 6.23 Å². The average Bonchev–Trinajstić information content (AvgIpc) is 3.34. The first-order valence-corrected chi connectivity index (χ1v) is 11.3. The Kier molecular flexibility index (Phi) is 5.92. The van der Waals surface area contributed by atoms with E-state index in [0.29, 0.717) is 18.1 Å². The topological polar surface area (TPSA) is 61.8 Å². The van der Waals surface area contributed by atoms with E-state index in [1.54, 1.807) is 21.3 Å². The van der Waals surface area contributed by atoms with Crippen LogP contribution in [-0.4, -0.2) is 38.7 Å². The molecule has 0 aliphatic carbocycles. The van der Waals surface area contributed by atoms with Gasteiger partial charge in [-0.05, 0) is 37.3 Å². The minimum absolute atomic E-state index is 0.0220. The Morgan fingerprint density at radius 3 is 2.41 bits per heavy atom. The molecule has 0 amide bonds. The fraction of sp³-hybridized carbons (Fsp3) is 0.296. The predicted molar refractivity (Wildman–Crippen MR) is 129 cm³/mol. The van der Waals surface area contributed by atoms with Gasteiger partial charge in [-0.3, -0.25) is 0 Å². The van der Waals surface area contributed by atoms with Crippen molar-refractivity contribution in [3.63, 3.8) is 0 Å². The number of benzene rings is 3. The van der Waals surface area contributed by atoms with Gasteiger partial charge in [0.05, 0.1) is 45.3 Å². The number of hydrogen-bond donors (Lipinski definition) is 0. The monoisotopic (exact) mass is 460 g/mol. The highest BCUT2D eigenvalue weighted by atomic mass is 16.5. The molecule has 2 heterocycles. The number of nitrogens with zero attached hydrogens (tertiary/aromatic N) is 2. The van der Waals surface area contributed by atoms with Gasteiger partial charge in [0.1, 0.15) is 5.75 Å². The van der Waals surface area contributed by atoms with Crippen molar-refractivity contribution in [3.05, 3.63) is 77.4 Å². The summed E-state index contributed by atoms with van der Waals surface area (Å²) < 4.78 is 29.3. The molecule has 34 heavy (non-hydrogen) atoms. The molecule has 2 unspecified atom stereocenters. The SMILES string of the molecule is CCOc1cccc2c1OC(c1cccc(OC)c1OC)N1N=C(c3cccc(OC)c3)CC21. The molecular formula is C27H28N2O5. The number of hydrazone groups is 1. The Labute approximate surface area is 199 Å². The Hall–Kier alpha value is -3.87. The molecular weight excluding hydrogens is 432 g/mol. The van der Waals surface area contributed by atoms with Crippen molar-refractivity contribution in [3.8, 4) is 28.7 Å². The van der Waals surface area contributed by atoms with Crippen molar-refractivity contribution >= 4 is 5.71 Å². The van der Waals surface area contributed by atoms with Crippen molar-refractivity contribution in [2.75, 3.05) is 27.9 Å². The summed E-state index contributed by atoms with van der Waals surface area (Å²) in [7, 11) is 4.93. The lowest BCUT2D eigenvalue weighted by atomic mass is 9.95. The Morgan fingerprint density at radius 2 is 1.68 bits per heavy atom. The molecule has 7 heteroatoms. The summed E-state index contributed by atoms with van der Waals surface area (Å²) in [6.07, 6.45) is 0.203. The lowest BCUT2D eigenvalue weighted by Crippen LogP contribution is -2.34. The maximum Gasteiger partial charge on any atom is 0.217 e. The van der Waals surface area contributed by atoms with Crippen molar-refractivity contribution in [1.29, 1.82) is 0 Å². The molecule has 0 fully saturated rings. The number of methoxy groups -OCH3 is 3. The molecule has 3 aromatic carbocycles. The molecule has 3 aromatic rings. The lowest BCUT2D eigenvalue weighted by molar-refractivity contribution is -0.0226. The van der Waals surface area contributed by atoms with Crippen LogP contribution in [0.3, 0.4) is 0 Å². The summed E-state index contributed by atoms with van der Waals surface area (Å²) >= 11 is 0. The first-order chi connectivity index (χ1) is 16.7. The molecule has 176 valence electrons. The average molecular weight is 461 g/mol. The maximum atomic E-state index is 6.62. The van der Waals surface area contributed by atoms with Crippen LogP contribution in [0.25, 0.3) is 0 Å². The van der Waals surface area contributed by atoms with Gasteiger partial charge in [-0.1, -0.05) is 30.3 Å². The molecule has 7 nitrogen and oxygen atoms in total. The number of ether oxygens (including phenoxy) is 5. The number of fused-ring (bicyclic) bond motifs is 3. The van der Waals surface area contributed by atoms with Gasteiger partial charge in [0.25, 0.3) is 0 Å². The fourth-order valence-electron chi connectivity index (χ4n) is 4.64. The van der Waals surface area contributed by atoms with E-state index in [1.165, 1.54) is 0 Å². The molecule has 0 saturated heterocycles. The van der Waals surface area contributed by atoms with E-state index in [-0.39, 0.29) is 6.04 Å². The Balaban J connectivity index is 1.65. The summed E-state index contributed by atoms with van der Waals surface area (Å²) in [5, 5.41) is 7.07. The highest BCUT2D eigenvalue weighted by molar-refractivity contribution is 6.02. The molecule has 0 spiro atoms. The largest absolute Gasteiger partial charge is 0.497 e. The fourth-order valence-corrected chi connectivity index (χ4v) is 4.64. The van der Waals surface area contributed by atoms with E-state index in [4.69, 9.17) is 28.8 Å². The quantitative estimate of drug-likeness (QED) is 0.474. The number of para-hydroxylation sites is 2. The van der Waals surface area contributed by atoms with Gasteiger partial charge in [0.15, 0.2) is 23.0 Å². The molecule has 2 atom stereocenters. The molecule has 2 aliphatic rings. The first-order valence-electron chi connectivity index (χ1n) is 11.3. The third-order valence-corrected chi connectivity index (χ3v) is 6.18. The van der Waals surface area contributed by atoms with E-state index >= 15 is 0 Å². The Morgan fingerprint density at radius 1 is 0.912 bits per heavy atom. The zero-order valence-electron chi connectivity index (χ0n) is 19.8. The second-order valence-corrected chi connectivity index (χ2v) is 8.04. The van der Waals surface area contributed by atoms with Crippen LogP contribution < -0.4 is 23.7 Å². The highest BCUT2D eigenvalue weighted by Gasteiger charge is 2.43. The minimum atomic E-state index is -0.521. The van der Waals surface area contributed by atoms with Crippen LogP contribution in [0, 0.1) is 0 Å².